The average molecular weight is 426 g/mol. The van der Waals surface area contributed by atoms with Gasteiger partial charge in [-0.15, -0.1) is 6.58 Å². The molecule has 0 radical (unpaired) electrons. The van der Waals surface area contributed by atoms with Crippen LogP contribution < -0.4 is 5.32 Å². The van der Waals surface area contributed by atoms with Gasteiger partial charge in [0.05, 0.1) is 0 Å². The fourth-order valence-electron chi connectivity index (χ4n) is 3.69. The summed E-state index contributed by atoms with van der Waals surface area (Å²) in [4.78, 5) is 25.6. The van der Waals surface area contributed by atoms with Gasteiger partial charge in [-0.2, -0.15) is 0 Å². The van der Waals surface area contributed by atoms with E-state index in [1.807, 2.05) is 99.6 Å². The van der Waals surface area contributed by atoms with E-state index in [-0.39, 0.29) is 11.6 Å². The van der Waals surface area contributed by atoms with Crippen molar-refractivity contribution in [3.8, 4) is 0 Å². The molecular formula is C29H31NO2. The summed E-state index contributed by atoms with van der Waals surface area (Å²) in [6.45, 7) is 10.9. The topological polar surface area (TPSA) is 46.2 Å². The Balaban J connectivity index is 1.76. The van der Waals surface area contributed by atoms with Crippen LogP contribution in [-0.2, 0) is 19.5 Å². The van der Waals surface area contributed by atoms with Crippen LogP contribution in [0.25, 0.3) is 0 Å². The molecule has 0 unspecified atom stereocenters. The van der Waals surface area contributed by atoms with Gasteiger partial charge in [0, 0.05) is 35.2 Å². The maximum atomic E-state index is 13.2. The molecule has 0 saturated carbocycles. The third-order valence-corrected chi connectivity index (χ3v) is 5.45. The maximum absolute atomic E-state index is 13.2. The Morgan fingerprint density at radius 2 is 1.53 bits per heavy atom. The Hall–Kier alpha value is -3.30. The zero-order valence-electron chi connectivity index (χ0n) is 19.2. The molecule has 3 aromatic carbocycles. The van der Waals surface area contributed by atoms with Crippen molar-refractivity contribution in [2.24, 2.45) is 5.41 Å². The lowest BCUT2D eigenvalue weighted by Gasteiger charge is -2.17. The molecule has 0 atom stereocenters. The van der Waals surface area contributed by atoms with Crippen molar-refractivity contribution in [1.29, 1.82) is 0 Å². The average Bonchev–Trinajstić information content (AvgIpc) is 2.79. The summed E-state index contributed by atoms with van der Waals surface area (Å²) in [5, 5.41) is 3.47. The summed E-state index contributed by atoms with van der Waals surface area (Å²) >= 11 is 0. The molecular weight excluding hydrogens is 394 g/mol. The number of ketones is 2. The molecule has 0 spiro atoms. The van der Waals surface area contributed by atoms with Crippen molar-refractivity contribution < 1.29 is 9.59 Å². The second-order valence-electron chi connectivity index (χ2n) is 9.01. The molecule has 0 bridgehead atoms. The molecule has 0 amide bonds. The number of carbonyl (C=O) groups is 2. The molecule has 0 fully saturated rings. The number of benzene rings is 3. The van der Waals surface area contributed by atoms with Crippen molar-refractivity contribution in [2.45, 2.75) is 40.3 Å². The molecule has 1 N–H and O–H groups in total. The first-order valence-electron chi connectivity index (χ1n) is 11.0. The largest absolute Gasteiger partial charge is 0.309 e. The van der Waals surface area contributed by atoms with E-state index in [2.05, 4.69) is 11.9 Å². The number of carbonyl (C=O) groups excluding carboxylic acids is 2. The van der Waals surface area contributed by atoms with Crippen molar-refractivity contribution in [3.05, 3.63) is 119 Å². The highest BCUT2D eigenvalue weighted by Gasteiger charge is 2.22. The van der Waals surface area contributed by atoms with E-state index < -0.39 is 5.41 Å². The second-order valence-corrected chi connectivity index (χ2v) is 9.01. The molecule has 3 nitrogen and oxygen atoms in total. The van der Waals surface area contributed by atoms with Crippen LogP contribution in [0.1, 0.15) is 63.7 Å². The Morgan fingerprint density at radius 1 is 0.844 bits per heavy atom. The fourth-order valence-corrected chi connectivity index (χ4v) is 3.69. The second kappa shape index (κ2) is 10.3. The van der Waals surface area contributed by atoms with Gasteiger partial charge in [-0.1, -0.05) is 99.6 Å². The van der Waals surface area contributed by atoms with Gasteiger partial charge in [-0.25, -0.2) is 0 Å². The summed E-state index contributed by atoms with van der Waals surface area (Å²) in [6.07, 6.45) is 2.57. The van der Waals surface area contributed by atoms with Crippen molar-refractivity contribution in [1.82, 2.24) is 5.32 Å². The predicted octanol–water partition coefficient (Wildman–Crippen LogP) is 6.16. The molecule has 32 heavy (non-hydrogen) atoms. The molecule has 0 aliphatic rings. The minimum atomic E-state index is -0.393. The standard InChI is InChI=1S/C29H31NO2/c1-5-10-22-13-9-14-25(27(31)23-11-7-6-8-12-23)26(22)20-30-19-21-15-17-24(18-16-21)28(32)29(2,3)4/h5-9,11-18,30H,1,10,19-20H2,2-4H3. The highest BCUT2D eigenvalue weighted by atomic mass is 16.1. The minimum absolute atomic E-state index is 0.0263. The van der Waals surface area contributed by atoms with E-state index in [1.165, 1.54) is 0 Å². The summed E-state index contributed by atoms with van der Waals surface area (Å²) in [6, 6.07) is 23.0. The fraction of sp³-hybridized carbons (Fsp3) is 0.241. The molecule has 0 aliphatic heterocycles. The first-order valence-corrected chi connectivity index (χ1v) is 11.0. The van der Waals surface area contributed by atoms with Gasteiger partial charge in [0.2, 0.25) is 0 Å². The SMILES string of the molecule is C=CCc1cccc(C(=O)c2ccccc2)c1CNCc1ccc(C(=O)C(C)(C)C)cc1. The van der Waals surface area contributed by atoms with Gasteiger partial charge < -0.3 is 5.32 Å². The number of Topliss-reactive ketones (excluding diaryl/α,β-unsaturated/α-hetero) is 1. The van der Waals surface area contributed by atoms with Gasteiger partial charge in [0.25, 0.3) is 0 Å². The number of rotatable bonds is 9. The van der Waals surface area contributed by atoms with Crippen LogP contribution in [-0.4, -0.2) is 11.6 Å². The lowest BCUT2D eigenvalue weighted by molar-refractivity contribution is 0.0858. The van der Waals surface area contributed by atoms with E-state index in [0.29, 0.717) is 30.6 Å². The number of nitrogens with one attached hydrogen (secondary N) is 1. The summed E-state index contributed by atoms with van der Waals surface area (Å²) in [7, 11) is 0. The van der Waals surface area contributed by atoms with Crippen molar-refractivity contribution in [2.75, 3.05) is 0 Å². The smallest absolute Gasteiger partial charge is 0.193 e. The van der Waals surface area contributed by atoms with Crippen LogP contribution in [0.15, 0.2) is 85.5 Å². The van der Waals surface area contributed by atoms with Crippen molar-refractivity contribution >= 4 is 11.6 Å². The maximum Gasteiger partial charge on any atom is 0.193 e. The molecule has 3 heteroatoms. The van der Waals surface area contributed by atoms with Gasteiger partial charge in [-0.05, 0) is 23.1 Å². The summed E-state index contributed by atoms with van der Waals surface area (Å²) in [5.41, 5.74) is 4.93. The molecule has 3 rings (SSSR count). The highest BCUT2D eigenvalue weighted by molar-refractivity contribution is 6.10. The first-order chi connectivity index (χ1) is 15.3. The van der Waals surface area contributed by atoms with Gasteiger partial charge in [0.1, 0.15) is 0 Å². The Bertz CT molecular complexity index is 1090. The van der Waals surface area contributed by atoms with Gasteiger partial charge in [0.15, 0.2) is 11.6 Å². The quantitative estimate of drug-likeness (QED) is 0.330. The number of allylic oxidation sites excluding steroid dienone is 1. The molecule has 0 saturated heterocycles. The number of hydrogen-bond acceptors (Lipinski definition) is 3. The van der Waals surface area contributed by atoms with E-state index in [4.69, 9.17) is 0 Å². The minimum Gasteiger partial charge on any atom is -0.309 e. The van der Waals surface area contributed by atoms with Crippen LogP contribution in [0.4, 0.5) is 0 Å². The van der Waals surface area contributed by atoms with Crippen LogP contribution in [0, 0.1) is 5.41 Å². The third kappa shape index (κ3) is 5.68. The van der Waals surface area contributed by atoms with E-state index in [1.54, 1.807) is 0 Å². The molecule has 0 aliphatic carbocycles. The van der Waals surface area contributed by atoms with Crippen molar-refractivity contribution in [3.63, 3.8) is 0 Å². The normalized spacial score (nSPS) is 11.2. The Morgan fingerprint density at radius 3 is 2.16 bits per heavy atom. The first kappa shape index (κ1) is 23.4. The van der Waals surface area contributed by atoms with Crippen LogP contribution >= 0.6 is 0 Å². The predicted molar refractivity (Wildman–Crippen MR) is 131 cm³/mol. The van der Waals surface area contributed by atoms with Crippen LogP contribution in [0.5, 0.6) is 0 Å². The monoisotopic (exact) mass is 425 g/mol. The van der Waals surface area contributed by atoms with Gasteiger partial charge >= 0.3 is 0 Å². The Kier molecular flexibility index (Phi) is 7.55. The van der Waals surface area contributed by atoms with Gasteiger partial charge in [-0.3, -0.25) is 9.59 Å². The number of hydrogen-bond donors (Lipinski definition) is 1. The van der Waals surface area contributed by atoms with Crippen LogP contribution in [0.3, 0.4) is 0 Å². The summed E-state index contributed by atoms with van der Waals surface area (Å²) in [5.74, 6) is 0.165. The van der Waals surface area contributed by atoms with E-state index >= 15 is 0 Å². The Labute approximate surface area is 191 Å². The van der Waals surface area contributed by atoms with E-state index in [0.717, 1.165) is 22.3 Å². The lowest BCUT2D eigenvalue weighted by atomic mass is 9.86. The zero-order valence-corrected chi connectivity index (χ0v) is 19.2. The van der Waals surface area contributed by atoms with E-state index in [9.17, 15) is 9.59 Å². The molecule has 164 valence electrons. The molecule has 0 aromatic heterocycles. The zero-order chi connectivity index (χ0) is 23.1. The molecule has 0 heterocycles. The highest BCUT2D eigenvalue weighted by Crippen LogP contribution is 2.22. The molecule has 3 aromatic rings. The lowest BCUT2D eigenvalue weighted by Crippen LogP contribution is -2.20. The van der Waals surface area contributed by atoms with Crippen LogP contribution in [0.2, 0.25) is 0 Å². The third-order valence-electron chi connectivity index (χ3n) is 5.45. The summed E-state index contributed by atoms with van der Waals surface area (Å²) < 4.78 is 0.